The van der Waals surface area contributed by atoms with E-state index in [0.29, 0.717) is 11.1 Å². The van der Waals surface area contributed by atoms with Gasteiger partial charge >= 0.3 is 0 Å². The second kappa shape index (κ2) is 7.40. The topological polar surface area (TPSA) is 58.2 Å². The molecule has 4 nitrogen and oxygen atoms in total. The molecule has 0 radical (unpaired) electrons. The van der Waals surface area contributed by atoms with Gasteiger partial charge < -0.3 is 5.43 Å². The number of hydrogen-bond donors (Lipinski definition) is 2. The highest BCUT2D eigenvalue weighted by molar-refractivity contribution is 9.10. The van der Waals surface area contributed by atoms with E-state index in [4.69, 9.17) is 0 Å². The molecule has 0 atom stereocenters. The molecule has 2 aromatic carbocycles. The fraction of sp³-hybridized carbons (Fsp3) is 0. The Balaban J connectivity index is 1.84. The molecule has 5 heteroatoms. The second-order valence-corrected chi connectivity index (χ2v) is 5.08. The molecular formula is C16H13BrN2O2. The number of ketones is 1. The predicted octanol–water partition coefficient (Wildman–Crippen LogP) is 3.08. The van der Waals surface area contributed by atoms with Crippen LogP contribution in [0.5, 0.6) is 0 Å². The van der Waals surface area contributed by atoms with Crippen LogP contribution in [0, 0.1) is 0 Å². The first-order valence-electron chi connectivity index (χ1n) is 6.24. The third-order valence-electron chi connectivity index (χ3n) is 2.67. The van der Waals surface area contributed by atoms with E-state index in [-0.39, 0.29) is 11.7 Å². The zero-order valence-electron chi connectivity index (χ0n) is 11.0. The number of carbonyl (C=O) groups is 2. The third kappa shape index (κ3) is 4.57. The molecule has 0 fully saturated rings. The van der Waals surface area contributed by atoms with Crippen molar-refractivity contribution >= 4 is 27.6 Å². The van der Waals surface area contributed by atoms with Crippen molar-refractivity contribution in [2.24, 2.45) is 0 Å². The summed E-state index contributed by atoms with van der Waals surface area (Å²) in [6.45, 7) is 0. The zero-order chi connectivity index (χ0) is 15.1. The predicted molar refractivity (Wildman–Crippen MR) is 84.7 cm³/mol. The summed E-state index contributed by atoms with van der Waals surface area (Å²) in [5.41, 5.74) is 6.18. The number of halogens is 1. The number of benzene rings is 2. The second-order valence-electron chi connectivity index (χ2n) is 4.17. The molecular weight excluding hydrogens is 332 g/mol. The zero-order valence-corrected chi connectivity index (χ0v) is 12.6. The minimum atomic E-state index is -0.278. The van der Waals surface area contributed by atoms with E-state index in [0.717, 1.165) is 4.47 Å². The van der Waals surface area contributed by atoms with Gasteiger partial charge in [0, 0.05) is 27.9 Å². The van der Waals surface area contributed by atoms with E-state index >= 15 is 0 Å². The molecule has 21 heavy (non-hydrogen) atoms. The van der Waals surface area contributed by atoms with Crippen molar-refractivity contribution in [1.29, 1.82) is 0 Å². The quantitative estimate of drug-likeness (QED) is 0.497. The summed E-state index contributed by atoms with van der Waals surface area (Å²) in [5.74, 6) is -0.416. The lowest BCUT2D eigenvalue weighted by Gasteiger charge is -2.04. The molecule has 0 heterocycles. The first-order valence-corrected chi connectivity index (χ1v) is 7.03. The molecule has 2 aromatic rings. The van der Waals surface area contributed by atoms with Gasteiger partial charge in [0.1, 0.15) is 0 Å². The van der Waals surface area contributed by atoms with Gasteiger partial charge in [-0.2, -0.15) is 0 Å². The fourth-order valence-electron chi connectivity index (χ4n) is 1.60. The number of carbonyl (C=O) groups excluding carboxylic acids is 2. The number of hydrogen-bond acceptors (Lipinski definition) is 3. The first-order chi connectivity index (χ1) is 10.2. The van der Waals surface area contributed by atoms with Crippen LogP contribution in [0.15, 0.2) is 71.3 Å². The molecule has 0 bridgehead atoms. The van der Waals surface area contributed by atoms with Crippen molar-refractivity contribution in [3.05, 3.63) is 82.5 Å². The fourth-order valence-corrected chi connectivity index (χ4v) is 1.86. The highest BCUT2D eigenvalue weighted by atomic mass is 79.9. The summed E-state index contributed by atoms with van der Waals surface area (Å²) in [6.07, 6.45) is 2.75. The molecule has 0 unspecified atom stereocenters. The summed E-state index contributed by atoms with van der Waals surface area (Å²) in [7, 11) is 0. The Kier molecular flexibility index (Phi) is 5.29. The van der Waals surface area contributed by atoms with Crippen LogP contribution in [-0.2, 0) is 0 Å². The molecule has 1 amide bonds. The number of hydrazine groups is 1. The van der Waals surface area contributed by atoms with Crippen molar-refractivity contribution in [3.63, 3.8) is 0 Å². The van der Waals surface area contributed by atoms with Crippen molar-refractivity contribution in [1.82, 2.24) is 10.9 Å². The SMILES string of the molecule is O=C(/C=C/NNC(=O)c1ccc(Br)cc1)c1ccccc1. The van der Waals surface area contributed by atoms with E-state index in [1.165, 1.54) is 12.3 Å². The van der Waals surface area contributed by atoms with Crippen LogP contribution in [0.4, 0.5) is 0 Å². The minimum absolute atomic E-state index is 0.138. The van der Waals surface area contributed by atoms with Gasteiger partial charge in [-0.25, -0.2) is 0 Å². The minimum Gasteiger partial charge on any atom is -0.305 e. The Morgan fingerprint density at radius 2 is 1.57 bits per heavy atom. The maximum absolute atomic E-state index is 11.8. The van der Waals surface area contributed by atoms with Crippen LogP contribution in [0.25, 0.3) is 0 Å². The van der Waals surface area contributed by atoms with Gasteiger partial charge in [-0.3, -0.25) is 15.0 Å². The van der Waals surface area contributed by atoms with Crippen LogP contribution in [0.1, 0.15) is 20.7 Å². The largest absolute Gasteiger partial charge is 0.305 e. The lowest BCUT2D eigenvalue weighted by Crippen LogP contribution is -2.33. The van der Waals surface area contributed by atoms with Crippen LogP contribution in [0.3, 0.4) is 0 Å². The molecule has 2 rings (SSSR count). The molecule has 0 aliphatic rings. The maximum atomic E-state index is 11.8. The van der Waals surface area contributed by atoms with Gasteiger partial charge in [-0.15, -0.1) is 0 Å². The summed E-state index contributed by atoms with van der Waals surface area (Å²) in [4.78, 5) is 23.5. The molecule has 0 aliphatic heterocycles. The molecule has 0 spiro atoms. The van der Waals surface area contributed by atoms with Crippen LogP contribution in [-0.4, -0.2) is 11.7 Å². The number of rotatable bonds is 5. The lowest BCUT2D eigenvalue weighted by atomic mass is 10.1. The monoisotopic (exact) mass is 344 g/mol. The molecule has 2 N–H and O–H groups in total. The van der Waals surface area contributed by atoms with E-state index in [1.807, 2.05) is 6.07 Å². The number of nitrogens with one attached hydrogen (secondary N) is 2. The van der Waals surface area contributed by atoms with Gasteiger partial charge in [0.2, 0.25) is 0 Å². The smallest absolute Gasteiger partial charge is 0.269 e. The van der Waals surface area contributed by atoms with Crippen molar-refractivity contribution in [2.75, 3.05) is 0 Å². The van der Waals surface area contributed by atoms with Crippen molar-refractivity contribution in [2.45, 2.75) is 0 Å². The standard InChI is InChI=1S/C16H13BrN2O2/c17-14-8-6-13(7-9-14)16(21)19-18-11-10-15(20)12-4-2-1-3-5-12/h1-11,18H,(H,19,21)/b11-10+. The van der Waals surface area contributed by atoms with E-state index in [2.05, 4.69) is 26.8 Å². The van der Waals surface area contributed by atoms with E-state index < -0.39 is 0 Å². The Morgan fingerprint density at radius 3 is 2.24 bits per heavy atom. The Bertz CT molecular complexity index is 652. The Hall–Kier alpha value is -2.40. The Labute approximate surface area is 131 Å². The van der Waals surface area contributed by atoms with Crippen LogP contribution in [0.2, 0.25) is 0 Å². The number of allylic oxidation sites excluding steroid dienone is 1. The summed E-state index contributed by atoms with van der Waals surface area (Å²) in [6, 6.07) is 15.8. The highest BCUT2D eigenvalue weighted by Gasteiger charge is 2.03. The van der Waals surface area contributed by atoms with Gasteiger partial charge in [0.05, 0.1) is 0 Å². The average molecular weight is 345 g/mol. The van der Waals surface area contributed by atoms with Crippen molar-refractivity contribution < 1.29 is 9.59 Å². The highest BCUT2D eigenvalue weighted by Crippen LogP contribution is 2.10. The molecule has 0 saturated carbocycles. The lowest BCUT2D eigenvalue weighted by molar-refractivity contribution is 0.0939. The van der Waals surface area contributed by atoms with Crippen LogP contribution >= 0.6 is 15.9 Å². The van der Waals surface area contributed by atoms with Crippen molar-refractivity contribution in [3.8, 4) is 0 Å². The van der Waals surface area contributed by atoms with Gasteiger partial charge in [0.25, 0.3) is 5.91 Å². The first kappa shape index (κ1) is 15.0. The summed E-state index contributed by atoms with van der Waals surface area (Å²) < 4.78 is 0.903. The Morgan fingerprint density at radius 1 is 0.905 bits per heavy atom. The average Bonchev–Trinajstić information content (AvgIpc) is 2.52. The molecule has 0 aliphatic carbocycles. The third-order valence-corrected chi connectivity index (χ3v) is 3.20. The van der Waals surface area contributed by atoms with Gasteiger partial charge in [0.15, 0.2) is 5.78 Å². The molecule has 106 valence electrons. The maximum Gasteiger partial charge on any atom is 0.269 e. The van der Waals surface area contributed by atoms with Gasteiger partial charge in [-0.1, -0.05) is 46.3 Å². The van der Waals surface area contributed by atoms with E-state index in [1.54, 1.807) is 48.5 Å². The molecule has 0 saturated heterocycles. The normalized spacial score (nSPS) is 10.3. The van der Waals surface area contributed by atoms with Crippen LogP contribution < -0.4 is 10.9 Å². The summed E-state index contributed by atoms with van der Waals surface area (Å²) in [5, 5.41) is 0. The van der Waals surface area contributed by atoms with Gasteiger partial charge in [-0.05, 0) is 24.3 Å². The summed E-state index contributed by atoms with van der Waals surface area (Å²) >= 11 is 3.30. The number of amides is 1. The molecule has 0 aromatic heterocycles. The van der Waals surface area contributed by atoms with E-state index in [9.17, 15) is 9.59 Å².